The number of hydrogen-bond donors (Lipinski definition) is 0. The summed E-state index contributed by atoms with van der Waals surface area (Å²) in [6, 6.07) is 22.4. The average Bonchev–Trinajstić information content (AvgIpc) is 3.08. The summed E-state index contributed by atoms with van der Waals surface area (Å²) in [4.78, 5) is 0. The van der Waals surface area contributed by atoms with Crippen molar-refractivity contribution in [2.75, 3.05) is 5.01 Å². The van der Waals surface area contributed by atoms with Crippen LogP contribution in [0.15, 0.2) is 82.4 Å². The summed E-state index contributed by atoms with van der Waals surface area (Å²) in [7, 11) is 0. The van der Waals surface area contributed by atoms with Crippen LogP contribution in [0.25, 0.3) is 0 Å². The molecular weight excluding hydrogens is 415 g/mol. The zero-order valence-corrected chi connectivity index (χ0v) is 16.1. The van der Waals surface area contributed by atoms with Crippen molar-refractivity contribution in [1.29, 1.82) is 0 Å². The fourth-order valence-corrected chi connectivity index (χ4v) is 3.62. The van der Waals surface area contributed by atoms with Crippen molar-refractivity contribution in [3.05, 3.63) is 99.2 Å². The van der Waals surface area contributed by atoms with Gasteiger partial charge in [-0.3, -0.25) is 5.01 Å². The molecule has 0 aliphatic carbocycles. The summed E-state index contributed by atoms with van der Waals surface area (Å²) in [5.41, 5.74) is 3.84. The van der Waals surface area contributed by atoms with E-state index in [-0.39, 0.29) is 11.9 Å². The first-order valence-electron chi connectivity index (χ1n) is 8.24. The van der Waals surface area contributed by atoms with Crippen LogP contribution in [-0.4, -0.2) is 5.71 Å². The van der Waals surface area contributed by atoms with Gasteiger partial charge in [-0.2, -0.15) is 5.10 Å². The summed E-state index contributed by atoms with van der Waals surface area (Å²) in [5.74, 6) is -0.250. The molecule has 1 aliphatic rings. The van der Waals surface area contributed by atoms with Crippen molar-refractivity contribution in [2.45, 2.75) is 12.5 Å². The first kappa shape index (κ1) is 17.3. The molecule has 3 aromatic carbocycles. The molecule has 0 saturated carbocycles. The lowest BCUT2D eigenvalue weighted by atomic mass is 9.98. The number of anilines is 1. The summed E-state index contributed by atoms with van der Waals surface area (Å²) >= 11 is 9.91. The SMILES string of the molecule is Fc1ccc(C2=NN(c3ccccc3Cl)[C@H](c3ccc(Br)cc3)C2)cc1. The molecule has 130 valence electrons. The molecule has 4 rings (SSSR count). The monoisotopic (exact) mass is 428 g/mol. The van der Waals surface area contributed by atoms with Crippen LogP contribution < -0.4 is 5.01 Å². The molecule has 0 bridgehead atoms. The van der Waals surface area contributed by atoms with Crippen molar-refractivity contribution in [1.82, 2.24) is 0 Å². The van der Waals surface area contributed by atoms with Gasteiger partial charge in [-0.15, -0.1) is 0 Å². The van der Waals surface area contributed by atoms with Crippen molar-refractivity contribution in [3.63, 3.8) is 0 Å². The Morgan fingerprint density at radius 1 is 0.962 bits per heavy atom. The molecule has 0 amide bonds. The van der Waals surface area contributed by atoms with Gasteiger partial charge >= 0.3 is 0 Å². The molecule has 1 aliphatic heterocycles. The Morgan fingerprint density at radius 3 is 2.35 bits per heavy atom. The standard InChI is InChI=1S/C21H15BrClFN2/c22-16-9-5-15(6-10-16)21-13-19(14-7-11-17(24)12-8-14)25-26(21)20-4-2-1-3-18(20)23/h1-12,21H,13H2/t21-/m0/s1. The third-order valence-electron chi connectivity index (χ3n) is 4.44. The van der Waals surface area contributed by atoms with Crippen LogP contribution in [0.1, 0.15) is 23.6 Å². The fraction of sp³-hybridized carbons (Fsp3) is 0.0952. The zero-order chi connectivity index (χ0) is 18.1. The quantitative estimate of drug-likeness (QED) is 0.458. The molecule has 26 heavy (non-hydrogen) atoms. The van der Waals surface area contributed by atoms with Gasteiger partial charge in [0.2, 0.25) is 0 Å². The van der Waals surface area contributed by atoms with Gasteiger partial charge in [0, 0.05) is 10.9 Å². The number of para-hydroxylation sites is 1. The third-order valence-corrected chi connectivity index (χ3v) is 5.29. The number of benzene rings is 3. The molecule has 0 aromatic heterocycles. The molecule has 0 N–H and O–H groups in total. The van der Waals surface area contributed by atoms with E-state index in [9.17, 15) is 4.39 Å². The Bertz CT molecular complexity index is 955. The van der Waals surface area contributed by atoms with Crippen molar-refractivity contribution < 1.29 is 4.39 Å². The van der Waals surface area contributed by atoms with Crippen molar-refractivity contribution in [3.8, 4) is 0 Å². The Hall–Kier alpha value is -2.17. The molecule has 1 atom stereocenters. The minimum absolute atomic E-state index is 0.0306. The second-order valence-corrected chi connectivity index (χ2v) is 7.44. The van der Waals surface area contributed by atoms with Gasteiger partial charge in [-0.1, -0.05) is 63.9 Å². The predicted molar refractivity (Wildman–Crippen MR) is 108 cm³/mol. The van der Waals surface area contributed by atoms with Gasteiger partial charge in [0.05, 0.1) is 22.5 Å². The van der Waals surface area contributed by atoms with Crippen LogP contribution in [-0.2, 0) is 0 Å². The predicted octanol–water partition coefficient (Wildman–Crippen LogP) is 6.60. The van der Waals surface area contributed by atoms with Gasteiger partial charge in [-0.05, 0) is 47.5 Å². The van der Waals surface area contributed by atoms with Crippen LogP contribution in [0.2, 0.25) is 5.02 Å². The largest absolute Gasteiger partial charge is 0.256 e. The Labute approximate surface area is 165 Å². The molecule has 0 unspecified atom stereocenters. The van der Waals surface area contributed by atoms with E-state index in [4.69, 9.17) is 16.7 Å². The number of halogens is 3. The van der Waals surface area contributed by atoms with Crippen LogP contribution >= 0.6 is 27.5 Å². The van der Waals surface area contributed by atoms with E-state index < -0.39 is 0 Å². The highest BCUT2D eigenvalue weighted by atomic mass is 79.9. The maximum absolute atomic E-state index is 13.3. The molecule has 5 heteroatoms. The van der Waals surface area contributed by atoms with E-state index in [1.165, 1.54) is 12.1 Å². The number of rotatable bonds is 3. The van der Waals surface area contributed by atoms with E-state index in [1.807, 2.05) is 41.4 Å². The minimum atomic E-state index is -0.250. The lowest BCUT2D eigenvalue weighted by Crippen LogP contribution is -2.18. The Balaban J connectivity index is 1.77. The number of hydrogen-bond acceptors (Lipinski definition) is 2. The van der Waals surface area contributed by atoms with Gasteiger partial charge in [0.1, 0.15) is 5.82 Å². The normalized spacial score (nSPS) is 16.7. The van der Waals surface area contributed by atoms with Gasteiger partial charge in [0.25, 0.3) is 0 Å². The van der Waals surface area contributed by atoms with E-state index >= 15 is 0 Å². The van der Waals surface area contributed by atoms with Gasteiger partial charge < -0.3 is 0 Å². The van der Waals surface area contributed by atoms with Gasteiger partial charge in [-0.25, -0.2) is 4.39 Å². The highest BCUT2D eigenvalue weighted by molar-refractivity contribution is 9.10. The second kappa shape index (κ2) is 7.22. The maximum atomic E-state index is 13.3. The smallest absolute Gasteiger partial charge is 0.123 e. The minimum Gasteiger partial charge on any atom is -0.256 e. The van der Waals surface area contributed by atoms with Gasteiger partial charge in [0.15, 0.2) is 0 Å². The number of nitrogens with zero attached hydrogens (tertiary/aromatic N) is 2. The maximum Gasteiger partial charge on any atom is 0.123 e. The molecule has 0 radical (unpaired) electrons. The van der Waals surface area contributed by atoms with Crippen LogP contribution in [0, 0.1) is 5.82 Å². The first-order chi connectivity index (χ1) is 12.6. The number of hydrazone groups is 1. The average molecular weight is 430 g/mol. The summed E-state index contributed by atoms with van der Waals surface area (Å²) in [5, 5.41) is 7.44. The van der Waals surface area contributed by atoms with E-state index in [2.05, 4.69) is 28.1 Å². The van der Waals surface area contributed by atoms with E-state index in [0.717, 1.165) is 33.4 Å². The van der Waals surface area contributed by atoms with Crippen LogP contribution in [0.5, 0.6) is 0 Å². The third kappa shape index (κ3) is 3.39. The zero-order valence-electron chi connectivity index (χ0n) is 13.7. The summed E-state index contributed by atoms with van der Waals surface area (Å²) in [6.45, 7) is 0. The molecule has 3 aromatic rings. The molecule has 0 spiro atoms. The molecule has 0 fully saturated rings. The van der Waals surface area contributed by atoms with Crippen LogP contribution in [0.4, 0.5) is 10.1 Å². The molecule has 0 saturated heterocycles. The molecule has 1 heterocycles. The summed E-state index contributed by atoms with van der Waals surface area (Å²) in [6.07, 6.45) is 0.721. The van der Waals surface area contributed by atoms with Crippen molar-refractivity contribution >= 4 is 38.9 Å². The summed E-state index contributed by atoms with van der Waals surface area (Å²) < 4.78 is 14.3. The van der Waals surface area contributed by atoms with Crippen LogP contribution in [0.3, 0.4) is 0 Å². The molecular formula is C21H15BrClFN2. The lowest BCUT2D eigenvalue weighted by Gasteiger charge is -2.24. The van der Waals surface area contributed by atoms with E-state index in [0.29, 0.717) is 5.02 Å². The Morgan fingerprint density at radius 2 is 1.65 bits per heavy atom. The topological polar surface area (TPSA) is 15.6 Å². The lowest BCUT2D eigenvalue weighted by molar-refractivity contribution is 0.627. The highest BCUT2D eigenvalue weighted by Gasteiger charge is 2.30. The first-order valence-corrected chi connectivity index (χ1v) is 9.41. The Kier molecular flexibility index (Phi) is 4.79. The second-order valence-electron chi connectivity index (χ2n) is 6.12. The highest BCUT2D eigenvalue weighted by Crippen LogP contribution is 2.39. The van der Waals surface area contributed by atoms with Crippen molar-refractivity contribution in [2.24, 2.45) is 5.10 Å². The fourth-order valence-electron chi connectivity index (χ4n) is 3.13. The molecule has 2 nitrogen and oxygen atoms in total. The van der Waals surface area contributed by atoms with E-state index in [1.54, 1.807) is 12.1 Å².